The fourth-order valence-electron chi connectivity index (χ4n) is 1.73. The van der Waals surface area contributed by atoms with Crippen LogP contribution in [-0.2, 0) is 11.3 Å². The summed E-state index contributed by atoms with van der Waals surface area (Å²) < 4.78 is 1.87. The molecule has 2 rings (SSSR count). The van der Waals surface area contributed by atoms with E-state index in [2.05, 4.69) is 5.32 Å². The van der Waals surface area contributed by atoms with Gasteiger partial charge in [0, 0.05) is 30.9 Å². The molecule has 2 atom stereocenters. The quantitative estimate of drug-likeness (QED) is 0.838. The molecular weight excluding hydrogens is 204 g/mol. The molecule has 1 saturated carbocycles. The van der Waals surface area contributed by atoms with Crippen LogP contribution in [0.15, 0.2) is 23.3 Å². The fraction of sp³-hybridized carbons (Fsp3) is 0.500. The average molecular weight is 220 g/mol. The van der Waals surface area contributed by atoms with Crippen molar-refractivity contribution in [3.05, 3.63) is 28.7 Å². The summed E-state index contributed by atoms with van der Waals surface area (Å²) in [6, 6.07) is 1.48. The number of pyridine rings is 1. The van der Waals surface area contributed by atoms with Crippen molar-refractivity contribution in [2.75, 3.05) is 5.32 Å². The Morgan fingerprint density at radius 3 is 2.88 bits per heavy atom. The smallest absolute Gasteiger partial charge is 0.227 e. The molecule has 4 heteroatoms. The van der Waals surface area contributed by atoms with E-state index in [-0.39, 0.29) is 17.3 Å². The minimum absolute atomic E-state index is 0.0292. The van der Waals surface area contributed by atoms with Crippen molar-refractivity contribution >= 4 is 11.6 Å². The molecule has 0 aliphatic heterocycles. The van der Waals surface area contributed by atoms with Gasteiger partial charge in [-0.15, -0.1) is 0 Å². The third-order valence-electron chi connectivity index (χ3n) is 3.05. The monoisotopic (exact) mass is 220 g/mol. The highest BCUT2D eigenvalue weighted by Crippen LogP contribution is 2.38. The van der Waals surface area contributed by atoms with Gasteiger partial charge in [0.25, 0.3) is 0 Å². The Balaban J connectivity index is 2.14. The maximum Gasteiger partial charge on any atom is 0.227 e. The summed E-state index contributed by atoms with van der Waals surface area (Å²) in [7, 11) is 0. The lowest BCUT2D eigenvalue weighted by atomic mass is 10.3. The van der Waals surface area contributed by atoms with E-state index in [0.717, 1.165) is 13.0 Å². The molecule has 1 heterocycles. The second kappa shape index (κ2) is 4.12. The number of rotatable bonds is 3. The Morgan fingerprint density at radius 2 is 2.31 bits per heavy atom. The van der Waals surface area contributed by atoms with Gasteiger partial charge in [-0.25, -0.2) is 0 Å². The van der Waals surface area contributed by atoms with Crippen LogP contribution in [0.4, 0.5) is 5.69 Å². The van der Waals surface area contributed by atoms with Crippen molar-refractivity contribution in [3.8, 4) is 0 Å². The Morgan fingerprint density at radius 1 is 1.62 bits per heavy atom. The summed E-state index contributed by atoms with van der Waals surface area (Å²) in [5.41, 5.74) is 0.250. The van der Waals surface area contributed by atoms with Crippen LogP contribution >= 0.6 is 0 Å². The summed E-state index contributed by atoms with van der Waals surface area (Å²) in [5.74, 6) is 0.519. The maximum atomic E-state index is 11.7. The number of aryl methyl sites for hydroxylation is 1. The van der Waals surface area contributed by atoms with E-state index in [1.54, 1.807) is 12.4 Å². The van der Waals surface area contributed by atoms with Crippen LogP contribution in [0.3, 0.4) is 0 Å². The predicted octanol–water partition coefficient (Wildman–Crippen LogP) is 1.46. The number of hydrogen-bond donors (Lipinski definition) is 1. The second-order valence-electron chi connectivity index (χ2n) is 4.36. The van der Waals surface area contributed by atoms with Crippen molar-refractivity contribution in [3.63, 3.8) is 0 Å². The van der Waals surface area contributed by atoms with E-state index < -0.39 is 0 Å². The number of hydrogen-bond acceptors (Lipinski definition) is 2. The fourth-order valence-corrected chi connectivity index (χ4v) is 1.73. The summed E-state index contributed by atoms with van der Waals surface area (Å²) in [6.07, 6.45) is 4.34. The first-order valence-corrected chi connectivity index (χ1v) is 5.62. The SMILES string of the molecule is CCn1ccc(=O)c(NC(=O)C2CC2C)c1. The lowest BCUT2D eigenvalue weighted by molar-refractivity contribution is -0.117. The van der Waals surface area contributed by atoms with Crippen LogP contribution < -0.4 is 10.7 Å². The average Bonchev–Trinajstić information content (AvgIpc) is 2.99. The predicted molar refractivity (Wildman–Crippen MR) is 62.3 cm³/mol. The number of carbonyl (C=O) groups is 1. The zero-order chi connectivity index (χ0) is 11.7. The highest BCUT2D eigenvalue weighted by Gasteiger charge is 2.39. The number of nitrogens with one attached hydrogen (secondary N) is 1. The van der Waals surface area contributed by atoms with Gasteiger partial charge in [0.05, 0.1) is 0 Å². The summed E-state index contributed by atoms with van der Waals surface area (Å²) in [6.45, 7) is 4.81. The molecule has 0 aromatic carbocycles. The van der Waals surface area contributed by atoms with Crippen LogP contribution in [-0.4, -0.2) is 10.5 Å². The molecule has 1 aromatic heterocycles. The second-order valence-corrected chi connectivity index (χ2v) is 4.36. The van der Waals surface area contributed by atoms with E-state index >= 15 is 0 Å². The van der Waals surface area contributed by atoms with Crippen LogP contribution in [0.2, 0.25) is 0 Å². The molecule has 86 valence electrons. The van der Waals surface area contributed by atoms with Gasteiger partial charge in [0.1, 0.15) is 5.69 Å². The van der Waals surface area contributed by atoms with Gasteiger partial charge in [-0.3, -0.25) is 9.59 Å². The molecule has 0 radical (unpaired) electrons. The normalized spacial score (nSPS) is 22.9. The summed E-state index contributed by atoms with van der Waals surface area (Å²) in [5, 5.41) is 2.70. The van der Waals surface area contributed by atoms with Crippen molar-refractivity contribution in [1.29, 1.82) is 0 Å². The maximum absolute atomic E-state index is 11.7. The van der Waals surface area contributed by atoms with Crippen molar-refractivity contribution in [2.45, 2.75) is 26.8 Å². The topological polar surface area (TPSA) is 51.1 Å². The van der Waals surface area contributed by atoms with Gasteiger partial charge in [-0.2, -0.15) is 0 Å². The van der Waals surface area contributed by atoms with Crippen LogP contribution in [0.1, 0.15) is 20.3 Å². The molecule has 0 bridgehead atoms. The van der Waals surface area contributed by atoms with Crippen molar-refractivity contribution in [2.24, 2.45) is 11.8 Å². The molecule has 1 aromatic rings. The lowest BCUT2D eigenvalue weighted by Gasteiger charge is -2.07. The minimum atomic E-state index is -0.133. The number of carbonyl (C=O) groups excluding carboxylic acids is 1. The summed E-state index contributed by atoms with van der Waals surface area (Å²) >= 11 is 0. The summed E-state index contributed by atoms with van der Waals surface area (Å²) in [4.78, 5) is 23.2. The molecule has 0 spiro atoms. The number of nitrogens with zero attached hydrogens (tertiary/aromatic N) is 1. The van der Waals surface area contributed by atoms with E-state index in [1.165, 1.54) is 6.07 Å². The lowest BCUT2D eigenvalue weighted by Crippen LogP contribution is -2.20. The van der Waals surface area contributed by atoms with Gasteiger partial charge >= 0.3 is 0 Å². The molecule has 1 aliphatic carbocycles. The van der Waals surface area contributed by atoms with Gasteiger partial charge < -0.3 is 9.88 Å². The van der Waals surface area contributed by atoms with Gasteiger partial charge in [-0.05, 0) is 19.3 Å². The number of amides is 1. The number of aromatic nitrogens is 1. The Labute approximate surface area is 94.3 Å². The zero-order valence-electron chi connectivity index (χ0n) is 9.56. The first-order chi connectivity index (χ1) is 7.61. The highest BCUT2D eigenvalue weighted by molar-refractivity contribution is 5.94. The van der Waals surface area contributed by atoms with E-state index in [1.807, 2.05) is 18.4 Å². The highest BCUT2D eigenvalue weighted by atomic mass is 16.2. The Kier molecular flexibility index (Phi) is 2.81. The zero-order valence-corrected chi connectivity index (χ0v) is 9.56. The van der Waals surface area contributed by atoms with E-state index in [9.17, 15) is 9.59 Å². The third kappa shape index (κ3) is 2.15. The Hall–Kier alpha value is -1.58. The first kappa shape index (κ1) is 10.9. The van der Waals surface area contributed by atoms with Gasteiger partial charge in [0.15, 0.2) is 0 Å². The Bertz CT molecular complexity index is 464. The molecule has 1 amide bonds. The van der Waals surface area contributed by atoms with Crippen LogP contribution in [0, 0.1) is 11.8 Å². The molecule has 0 saturated heterocycles. The minimum Gasteiger partial charge on any atom is -0.352 e. The van der Waals surface area contributed by atoms with Crippen molar-refractivity contribution in [1.82, 2.24) is 4.57 Å². The van der Waals surface area contributed by atoms with Crippen LogP contribution in [0.25, 0.3) is 0 Å². The third-order valence-corrected chi connectivity index (χ3v) is 3.05. The molecular formula is C12H16N2O2. The molecule has 1 aliphatic rings. The number of anilines is 1. The van der Waals surface area contributed by atoms with Crippen molar-refractivity contribution < 1.29 is 4.79 Å². The van der Waals surface area contributed by atoms with E-state index in [0.29, 0.717) is 11.6 Å². The molecule has 16 heavy (non-hydrogen) atoms. The van der Waals surface area contributed by atoms with E-state index in [4.69, 9.17) is 0 Å². The standard InChI is InChI=1S/C12H16N2O2/c1-3-14-5-4-11(15)10(7-14)13-12(16)9-6-8(9)2/h4-5,7-9H,3,6H2,1-2H3,(H,13,16). The molecule has 4 nitrogen and oxygen atoms in total. The molecule has 1 fully saturated rings. The van der Waals surface area contributed by atoms with Crippen LogP contribution in [0.5, 0.6) is 0 Å². The first-order valence-electron chi connectivity index (χ1n) is 5.62. The van der Waals surface area contributed by atoms with Gasteiger partial charge in [-0.1, -0.05) is 6.92 Å². The molecule has 2 unspecified atom stereocenters. The van der Waals surface area contributed by atoms with Gasteiger partial charge in [0.2, 0.25) is 11.3 Å². The largest absolute Gasteiger partial charge is 0.352 e. The molecule has 1 N–H and O–H groups in total.